The number of benzene rings is 1. The summed E-state index contributed by atoms with van der Waals surface area (Å²) < 4.78 is 67.0. The van der Waals surface area contributed by atoms with Gasteiger partial charge in [-0.1, -0.05) is 12.1 Å². The van der Waals surface area contributed by atoms with Gasteiger partial charge in [-0.3, -0.25) is 9.78 Å². The van der Waals surface area contributed by atoms with Crippen molar-refractivity contribution in [3.05, 3.63) is 71.2 Å². The van der Waals surface area contributed by atoms with Crippen molar-refractivity contribution in [3.63, 3.8) is 0 Å². The number of carbonyl (C=O) groups is 1. The first-order valence-corrected chi connectivity index (χ1v) is 9.10. The molecule has 9 heteroatoms. The molecule has 158 valence electrons. The van der Waals surface area contributed by atoms with Crippen molar-refractivity contribution in [1.82, 2.24) is 15.3 Å². The molecule has 0 radical (unpaired) electrons. The number of nitrogens with zero attached hydrogens (tertiary/aromatic N) is 2. The van der Waals surface area contributed by atoms with E-state index in [1.807, 2.05) is 0 Å². The van der Waals surface area contributed by atoms with E-state index in [9.17, 15) is 26.7 Å². The van der Waals surface area contributed by atoms with Gasteiger partial charge in [0, 0.05) is 18.0 Å². The van der Waals surface area contributed by atoms with Crippen molar-refractivity contribution < 1.29 is 26.7 Å². The lowest BCUT2D eigenvalue weighted by atomic mass is 10.00. The summed E-state index contributed by atoms with van der Waals surface area (Å²) in [4.78, 5) is 20.3. The number of rotatable bonds is 6. The van der Waals surface area contributed by atoms with E-state index in [0.29, 0.717) is 5.69 Å². The highest BCUT2D eigenvalue weighted by Crippen LogP contribution is 2.35. The van der Waals surface area contributed by atoms with Gasteiger partial charge in [-0.15, -0.1) is 0 Å². The third kappa shape index (κ3) is 5.49. The second kappa shape index (κ2) is 8.33. The Labute approximate surface area is 169 Å². The molecule has 0 bridgehead atoms. The number of amides is 1. The Bertz CT molecular complexity index is 1050. The van der Waals surface area contributed by atoms with Gasteiger partial charge in [0.05, 0.1) is 23.3 Å². The maximum absolute atomic E-state index is 13.6. The number of aryl methyl sites for hydroxylation is 1. The standard InChI is InChI=1S/C21H18F5N3O/c1-20(22,23)8-7-13-10-14-5-6-17(29-18(14)16(11-13)21(24,25)26)19(30)28-12-15-4-2-3-9-27-15/h2-6,9-11H,7-8,12H2,1H3,(H,28,30). The van der Waals surface area contributed by atoms with Gasteiger partial charge in [0.1, 0.15) is 5.69 Å². The van der Waals surface area contributed by atoms with Crippen LogP contribution in [0.15, 0.2) is 48.7 Å². The second-order valence-corrected chi connectivity index (χ2v) is 6.98. The topological polar surface area (TPSA) is 54.9 Å². The predicted molar refractivity (Wildman–Crippen MR) is 101 cm³/mol. The summed E-state index contributed by atoms with van der Waals surface area (Å²) in [5, 5.41) is 2.68. The quantitative estimate of drug-likeness (QED) is 0.557. The molecule has 4 nitrogen and oxygen atoms in total. The summed E-state index contributed by atoms with van der Waals surface area (Å²) in [5.74, 6) is -3.63. The first kappa shape index (κ1) is 21.6. The number of aromatic nitrogens is 2. The van der Waals surface area contributed by atoms with Crippen LogP contribution in [-0.2, 0) is 19.1 Å². The average molecular weight is 423 g/mol. The van der Waals surface area contributed by atoms with E-state index >= 15 is 0 Å². The lowest BCUT2D eigenvalue weighted by molar-refractivity contribution is -0.136. The van der Waals surface area contributed by atoms with Crippen molar-refractivity contribution >= 4 is 16.8 Å². The number of alkyl halides is 5. The molecule has 0 fully saturated rings. The van der Waals surface area contributed by atoms with E-state index in [1.165, 1.54) is 18.2 Å². The van der Waals surface area contributed by atoms with Crippen molar-refractivity contribution in [2.75, 3.05) is 0 Å². The Kier molecular flexibility index (Phi) is 6.00. The summed E-state index contributed by atoms with van der Waals surface area (Å²) in [5.41, 5.74) is -0.934. The highest BCUT2D eigenvalue weighted by Gasteiger charge is 2.34. The zero-order chi connectivity index (χ0) is 21.9. The highest BCUT2D eigenvalue weighted by molar-refractivity contribution is 5.95. The molecule has 1 aromatic carbocycles. The number of halogens is 5. The van der Waals surface area contributed by atoms with Crippen LogP contribution in [0.4, 0.5) is 22.0 Å². The highest BCUT2D eigenvalue weighted by atomic mass is 19.4. The molecule has 3 aromatic rings. The number of hydrogen-bond donors (Lipinski definition) is 1. The van der Waals surface area contributed by atoms with Crippen LogP contribution in [0.3, 0.4) is 0 Å². The molecule has 1 amide bonds. The summed E-state index contributed by atoms with van der Waals surface area (Å²) in [6, 6.07) is 9.98. The SMILES string of the molecule is CC(F)(F)CCc1cc(C(F)(F)F)c2nc(C(=O)NCc3ccccn3)ccc2c1. The fourth-order valence-corrected chi connectivity index (χ4v) is 2.91. The van der Waals surface area contributed by atoms with Crippen molar-refractivity contribution in [3.8, 4) is 0 Å². The van der Waals surface area contributed by atoms with Crippen LogP contribution >= 0.6 is 0 Å². The fourth-order valence-electron chi connectivity index (χ4n) is 2.91. The minimum absolute atomic E-state index is 0.0929. The molecule has 0 atom stereocenters. The molecule has 2 aromatic heterocycles. The Morgan fingerprint density at radius 1 is 1.07 bits per heavy atom. The minimum Gasteiger partial charge on any atom is -0.345 e. The van der Waals surface area contributed by atoms with Crippen LogP contribution in [0.1, 0.15) is 40.7 Å². The Hall–Kier alpha value is -3.10. The number of carbonyl (C=O) groups excluding carboxylic acids is 1. The van der Waals surface area contributed by atoms with Crippen LogP contribution in [0.5, 0.6) is 0 Å². The molecular weight excluding hydrogens is 405 g/mol. The molecule has 0 saturated carbocycles. The molecule has 0 aliphatic heterocycles. The molecule has 0 spiro atoms. The van der Waals surface area contributed by atoms with Gasteiger partial charge < -0.3 is 5.32 Å². The minimum atomic E-state index is -4.75. The summed E-state index contributed by atoms with van der Waals surface area (Å²) in [7, 11) is 0. The summed E-state index contributed by atoms with van der Waals surface area (Å²) in [6.45, 7) is 0.811. The Balaban J connectivity index is 1.91. The molecule has 2 heterocycles. The molecule has 0 aliphatic rings. The van der Waals surface area contributed by atoms with E-state index in [4.69, 9.17) is 0 Å². The maximum atomic E-state index is 13.6. The van der Waals surface area contributed by atoms with Gasteiger partial charge in [0.2, 0.25) is 5.92 Å². The van der Waals surface area contributed by atoms with Gasteiger partial charge in [-0.2, -0.15) is 13.2 Å². The average Bonchev–Trinajstić information content (AvgIpc) is 2.69. The van der Waals surface area contributed by atoms with Crippen molar-refractivity contribution in [2.45, 2.75) is 38.4 Å². The van der Waals surface area contributed by atoms with E-state index in [-0.39, 0.29) is 29.6 Å². The van der Waals surface area contributed by atoms with Crippen LogP contribution in [0, 0.1) is 0 Å². The smallest absolute Gasteiger partial charge is 0.345 e. The fraction of sp³-hybridized carbons (Fsp3) is 0.286. The first-order chi connectivity index (χ1) is 14.0. The van der Waals surface area contributed by atoms with Gasteiger partial charge in [0.15, 0.2) is 0 Å². The Morgan fingerprint density at radius 2 is 1.83 bits per heavy atom. The van der Waals surface area contributed by atoms with Crippen molar-refractivity contribution in [2.24, 2.45) is 0 Å². The van der Waals surface area contributed by atoms with Crippen LogP contribution in [-0.4, -0.2) is 21.8 Å². The van der Waals surface area contributed by atoms with E-state index in [2.05, 4.69) is 15.3 Å². The molecule has 0 saturated heterocycles. The Morgan fingerprint density at radius 3 is 2.47 bits per heavy atom. The largest absolute Gasteiger partial charge is 0.418 e. The normalized spacial score (nSPS) is 12.2. The number of nitrogens with one attached hydrogen (secondary N) is 1. The van der Waals surface area contributed by atoms with Gasteiger partial charge in [-0.05, 0) is 49.2 Å². The van der Waals surface area contributed by atoms with Crippen molar-refractivity contribution in [1.29, 1.82) is 0 Å². The van der Waals surface area contributed by atoms with Gasteiger partial charge in [-0.25, -0.2) is 13.8 Å². The van der Waals surface area contributed by atoms with Crippen LogP contribution < -0.4 is 5.32 Å². The lowest BCUT2D eigenvalue weighted by Crippen LogP contribution is -2.24. The number of pyridine rings is 2. The van der Waals surface area contributed by atoms with Gasteiger partial charge in [0.25, 0.3) is 5.91 Å². The molecule has 0 aliphatic carbocycles. The molecule has 3 rings (SSSR count). The predicted octanol–water partition coefficient (Wildman–Crippen LogP) is 5.17. The number of fused-ring (bicyclic) bond motifs is 1. The first-order valence-electron chi connectivity index (χ1n) is 9.10. The molecule has 0 unspecified atom stereocenters. The van der Waals surface area contributed by atoms with E-state index in [1.54, 1.807) is 24.4 Å². The second-order valence-electron chi connectivity index (χ2n) is 6.98. The monoisotopic (exact) mass is 423 g/mol. The molecular formula is C21H18F5N3O. The zero-order valence-corrected chi connectivity index (χ0v) is 15.9. The summed E-state index contributed by atoms with van der Waals surface area (Å²) in [6.07, 6.45) is -3.98. The maximum Gasteiger partial charge on any atom is 0.418 e. The summed E-state index contributed by atoms with van der Waals surface area (Å²) >= 11 is 0. The van der Waals surface area contributed by atoms with Crippen LogP contribution in [0.2, 0.25) is 0 Å². The number of hydrogen-bond acceptors (Lipinski definition) is 3. The molecule has 1 N–H and O–H groups in total. The lowest BCUT2D eigenvalue weighted by Gasteiger charge is -2.15. The van der Waals surface area contributed by atoms with Crippen LogP contribution in [0.25, 0.3) is 10.9 Å². The third-order valence-corrected chi connectivity index (χ3v) is 4.40. The third-order valence-electron chi connectivity index (χ3n) is 4.40. The van der Waals surface area contributed by atoms with E-state index in [0.717, 1.165) is 13.0 Å². The zero-order valence-electron chi connectivity index (χ0n) is 15.9. The van der Waals surface area contributed by atoms with Gasteiger partial charge >= 0.3 is 6.18 Å². The van der Waals surface area contributed by atoms with E-state index < -0.39 is 35.5 Å². The molecule has 30 heavy (non-hydrogen) atoms.